The number of carbonyl (C=O) groups is 2. The molecule has 1 aromatic heterocycles. The number of rotatable bonds is 8. The summed E-state index contributed by atoms with van der Waals surface area (Å²) in [7, 11) is 3.98. The molecular formula is C21H28N4O2. The van der Waals surface area contributed by atoms with Gasteiger partial charge in [-0.25, -0.2) is 0 Å². The van der Waals surface area contributed by atoms with Crippen molar-refractivity contribution in [2.75, 3.05) is 32.5 Å². The Morgan fingerprint density at radius 1 is 1.07 bits per heavy atom. The van der Waals surface area contributed by atoms with Crippen LogP contribution in [-0.2, 0) is 0 Å². The Morgan fingerprint density at radius 2 is 1.78 bits per heavy atom. The van der Waals surface area contributed by atoms with Gasteiger partial charge in [-0.1, -0.05) is 26.0 Å². The molecule has 2 aromatic rings. The minimum absolute atomic E-state index is 0.202. The van der Waals surface area contributed by atoms with Gasteiger partial charge in [0, 0.05) is 24.0 Å². The lowest BCUT2D eigenvalue weighted by Crippen LogP contribution is -2.27. The summed E-state index contributed by atoms with van der Waals surface area (Å²) in [6, 6.07) is 10.8. The van der Waals surface area contributed by atoms with Crippen molar-refractivity contribution in [3.8, 4) is 0 Å². The molecule has 2 N–H and O–H groups in total. The van der Waals surface area contributed by atoms with E-state index >= 15 is 0 Å². The minimum Gasteiger partial charge on any atom is -0.352 e. The largest absolute Gasteiger partial charge is 0.352 e. The Balaban J connectivity index is 1.97. The zero-order valence-electron chi connectivity index (χ0n) is 16.5. The molecular weight excluding hydrogens is 340 g/mol. The van der Waals surface area contributed by atoms with Crippen LogP contribution in [0.5, 0.6) is 0 Å². The number of benzene rings is 1. The van der Waals surface area contributed by atoms with Gasteiger partial charge in [-0.05, 0) is 62.8 Å². The van der Waals surface area contributed by atoms with E-state index in [4.69, 9.17) is 0 Å². The van der Waals surface area contributed by atoms with E-state index in [2.05, 4.69) is 34.4 Å². The van der Waals surface area contributed by atoms with Gasteiger partial charge in [0.1, 0.15) is 5.69 Å². The Kier molecular flexibility index (Phi) is 7.49. The average molecular weight is 368 g/mol. The van der Waals surface area contributed by atoms with Crippen LogP contribution < -0.4 is 10.6 Å². The smallest absolute Gasteiger partial charge is 0.274 e. The fraction of sp³-hybridized carbons (Fsp3) is 0.381. The maximum atomic E-state index is 12.4. The van der Waals surface area contributed by atoms with Crippen molar-refractivity contribution in [2.45, 2.75) is 26.2 Å². The fourth-order valence-electron chi connectivity index (χ4n) is 2.54. The Labute approximate surface area is 161 Å². The molecule has 27 heavy (non-hydrogen) atoms. The van der Waals surface area contributed by atoms with Crippen LogP contribution in [0.4, 0.5) is 5.69 Å². The van der Waals surface area contributed by atoms with Gasteiger partial charge in [-0.15, -0.1) is 0 Å². The Morgan fingerprint density at radius 3 is 2.41 bits per heavy atom. The number of nitrogens with zero attached hydrogens (tertiary/aromatic N) is 2. The quantitative estimate of drug-likeness (QED) is 0.702. The van der Waals surface area contributed by atoms with Crippen LogP contribution in [-0.4, -0.2) is 48.9 Å². The van der Waals surface area contributed by atoms with Crippen molar-refractivity contribution in [3.63, 3.8) is 0 Å². The van der Waals surface area contributed by atoms with Crippen LogP contribution in [0.15, 0.2) is 42.6 Å². The van der Waals surface area contributed by atoms with Crippen molar-refractivity contribution in [1.29, 1.82) is 0 Å². The van der Waals surface area contributed by atoms with E-state index in [1.807, 2.05) is 38.4 Å². The SMILES string of the molecule is CC(C)c1ccc(NC(=O)c2cc(C(=O)NCCCN(C)C)ccn2)cc1. The summed E-state index contributed by atoms with van der Waals surface area (Å²) in [5, 5.41) is 5.68. The van der Waals surface area contributed by atoms with Crippen LogP contribution in [0.1, 0.15) is 52.6 Å². The number of anilines is 1. The summed E-state index contributed by atoms with van der Waals surface area (Å²) in [4.78, 5) is 30.8. The summed E-state index contributed by atoms with van der Waals surface area (Å²) < 4.78 is 0. The van der Waals surface area contributed by atoms with Crippen molar-refractivity contribution in [1.82, 2.24) is 15.2 Å². The van der Waals surface area contributed by atoms with E-state index in [-0.39, 0.29) is 17.5 Å². The minimum atomic E-state index is -0.338. The number of hydrogen-bond acceptors (Lipinski definition) is 4. The molecule has 2 rings (SSSR count). The molecule has 0 saturated heterocycles. The molecule has 1 aromatic carbocycles. The predicted molar refractivity (Wildman–Crippen MR) is 108 cm³/mol. The summed E-state index contributed by atoms with van der Waals surface area (Å²) >= 11 is 0. The molecule has 0 aliphatic heterocycles. The van der Waals surface area contributed by atoms with E-state index in [1.54, 1.807) is 6.07 Å². The predicted octanol–water partition coefficient (Wildman–Crippen LogP) is 3.14. The topological polar surface area (TPSA) is 74.3 Å². The zero-order chi connectivity index (χ0) is 19.8. The van der Waals surface area contributed by atoms with Crippen LogP contribution in [0.2, 0.25) is 0 Å². The molecule has 1 heterocycles. The molecule has 6 heteroatoms. The number of aromatic nitrogens is 1. The van der Waals surface area contributed by atoms with Crippen LogP contribution >= 0.6 is 0 Å². The van der Waals surface area contributed by atoms with Crippen molar-refractivity contribution in [2.24, 2.45) is 0 Å². The molecule has 0 aliphatic rings. The van der Waals surface area contributed by atoms with Crippen LogP contribution in [0.3, 0.4) is 0 Å². The molecule has 144 valence electrons. The second kappa shape index (κ2) is 9.83. The molecule has 0 unspecified atom stereocenters. The first kappa shape index (κ1) is 20.6. The first-order valence-corrected chi connectivity index (χ1v) is 9.17. The fourth-order valence-corrected chi connectivity index (χ4v) is 2.54. The molecule has 0 spiro atoms. The summed E-state index contributed by atoms with van der Waals surface area (Å²) in [6.07, 6.45) is 2.34. The highest BCUT2D eigenvalue weighted by Gasteiger charge is 2.12. The van der Waals surface area contributed by atoms with Gasteiger partial charge in [-0.3, -0.25) is 14.6 Å². The molecule has 0 atom stereocenters. The molecule has 0 saturated carbocycles. The van der Waals surface area contributed by atoms with Gasteiger partial charge in [0.25, 0.3) is 11.8 Å². The monoisotopic (exact) mass is 368 g/mol. The number of hydrogen-bond donors (Lipinski definition) is 2. The lowest BCUT2D eigenvalue weighted by Gasteiger charge is -2.10. The summed E-state index contributed by atoms with van der Waals surface area (Å²) in [5.74, 6) is -0.106. The van der Waals surface area contributed by atoms with E-state index in [1.165, 1.54) is 17.8 Å². The third kappa shape index (κ3) is 6.49. The van der Waals surface area contributed by atoms with Crippen molar-refractivity contribution in [3.05, 3.63) is 59.4 Å². The van der Waals surface area contributed by atoms with Gasteiger partial charge < -0.3 is 15.5 Å². The molecule has 0 aliphatic carbocycles. The lowest BCUT2D eigenvalue weighted by atomic mass is 10.0. The van der Waals surface area contributed by atoms with E-state index in [9.17, 15) is 9.59 Å². The van der Waals surface area contributed by atoms with Gasteiger partial charge in [0.15, 0.2) is 0 Å². The van der Waals surface area contributed by atoms with Gasteiger partial charge >= 0.3 is 0 Å². The third-order valence-electron chi connectivity index (χ3n) is 4.16. The standard InChI is InChI=1S/C21H28N4O2/c1-15(2)16-6-8-18(9-7-16)24-21(27)19-14-17(10-12-22-19)20(26)23-11-5-13-25(3)4/h6-10,12,14-15H,5,11,13H2,1-4H3,(H,23,26)(H,24,27). The summed E-state index contributed by atoms with van der Waals surface area (Å²) in [5.41, 5.74) is 2.54. The van der Waals surface area contributed by atoms with Crippen molar-refractivity contribution >= 4 is 17.5 Å². The number of amides is 2. The molecule has 2 amide bonds. The molecule has 0 fully saturated rings. The number of nitrogens with one attached hydrogen (secondary N) is 2. The van der Waals surface area contributed by atoms with E-state index in [0.29, 0.717) is 23.7 Å². The molecule has 6 nitrogen and oxygen atoms in total. The maximum Gasteiger partial charge on any atom is 0.274 e. The second-order valence-electron chi connectivity index (χ2n) is 7.07. The first-order valence-electron chi connectivity index (χ1n) is 9.17. The number of carbonyl (C=O) groups excluding carboxylic acids is 2. The normalized spacial score (nSPS) is 10.9. The van der Waals surface area contributed by atoms with E-state index in [0.717, 1.165) is 13.0 Å². The highest BCUT2D eigenvalue weighted by molar-refractivity contribution is 6.04. The molecule has 0 bridgehead atoms. The van der Waals surface area contributed by atoms with Crippen molar-refractivity contribution < 1.29 is 9.59 Å². The van der Waals surface area contributed by atoms with Gasteiger partial charge in [0.2, 0.25) is 0 Å². The second-order valence-corrected chi connectivity index (χ2v) is 7.07. The Bertz CT molecular complexity index is 770. The highest BCUT2D eigenvalue weighted by Crippen LogP contribution is 2.17. The average Bonchev–Trinajstić information content (AvgIpc) is 2.65. The first-order chi connectivity index (χ1) is 12.9. The lowest BCUT2D eigenvalue weighted by molar-refractivity contribution is 0.0952. The van der Waals surface area contributed by atoms with Crippen LogP contribution in [0.25, 0.3) is 0 Å². The number of pyridine rings is 1. The Hall–Kier alpha value is -2.73. The summed E-state index contributed by atoms with van der Waals surface area (Å²) in [6.45, 7) is 5.73. The zero-order valence-corrected chi connectivity index (χ0v) is 16.5. The molecule has 0 radical (unpaired) electrons. The van der Waals surface area contributed by atoms with Gasteiger partial charge in [-0.2, -0.15) is 0 Å². The van der Waals surface area contributed by atoms with E-state index < -0.39 is 0 Å². The highest BCUT2D eigenvalue weighted by atomic mass is 16.2. The maximum absolute atomic E-state index is 12.4. The third-order valence-corrected chi connectivity index (χ3v) is 4.16. The van der Waals surface area contributed by atoms with Crippen LogP contribution in [0, 0.1) is 0 Å². The van der Waals surface area contributed by atoms with Gasteiger partial charge in [0.05, 0.1) is 0 Å².